The topological polar surface area (TPSA) is 105 Å². The molecule has 0 amide bonds. The summed E-state index contributed by atoms with van der Waals surface area (Å²) in [5.41, 5.74) is 0. The second-order valence-electron chi connectivity index (χ2n) is 1.60. The first-order chi connectivity index (χ1) is 5.41. The Kier molecular flexibility index (Phi) is 2.65. The molecule has 0 spiro atoms. The van der Waals surface area contributed by atoms with Gasteiger partial charge in [-0.2, -0.15) is 16.8 Å². The second-order valence-corrected chi connectivity index (χ2v) is 3.97. The minimum atomic E-state index is -4.39. The first-order valence-electron chi connectivity index (χ1n) is 2.58. The molecule has 0 aromatic heterocycles. The van der Waals surface area contributed by atoms with Crippen molar-refractivity contribution in [3.05, 3.63) is 0 Å². The fourth-order valence-corrected chi connectivity index (χ4v) is 1.55. The molecular weight excluding hydrogens is 216 g/mol. The molecule has 0 radical (unpaired) electrons. The summed E-state index contributed by atoms with van der Waals surface area (Å²) in [5.74, 6) is 0. The van der Waals surface area contributed by atoms with Crippen LogP contribution in [0, 0.1) is 0 Å². The van der Waals surface area contributed by atoms with Gasteiger partial charge >= 0.3 is 20.8 Å². The Labute approximate surface area is 68.6 Å². The molecule has 0 N–H and O–H groups in total. The van der Waals surface area contributed by atoms with E-state index in [-0.39, 0.29) is 0 Å². The van der Waals surface area contributed by atoms with Crippen LogP contribution in [0.5, 0.6) is 0 Å². The van der Waals surface area contributed by atoms with Gasteiger partial charge in [0, 0.05) is 0 Å². The average molecular weight is 220 g/mol. The maximum Gasteiger partial charge on any atom is 0.427 e. The molecule has 0 saturated carbocycles. The molecule has 1 rings (SSSR count). The van der Waals surface area contributed by atoms with Crippen LogP contribution in [-0.2, 0) is 37.8 Å². The highest BCUT2D eigenvalue weighted by molar-refractivity contribution is 7.84. The molecule has 0 aromatic carbocycles. The van der Waals surface area contributed by atoms with Crippen molar-refractivity contribution in [2.75, 3.05) is 13.2 Å². The summed E-state index contributed by atoms with van der Waals surface area (Å²) in [6.45, 7) is -0.907. The van der Waals surface area contributed by atoms with Gasteiger partial charge in [0.1, 0.15) is 0 Å². The van der Waals surface area contributed by atoms with Crippen molar-refractivity contribution in [1.29, 1.82) is 0 Å². The third-order valence-electron chi connectivity index (χ3n) is 0.733. The zero-order chi connectivity index (χ0) is 9.24. The first-order valence-corrected chi connectivity index (χ1v) is 5.24. The van der Waals surface area contributed by atoms with Gasteiger partial charge in [-0.1, -0.05) is 8.67 Å². The Morgan fingerprint density at radius 2 is 1.08 bits per heavy atom. The maximum atomic E-state index is 10.4. The Hall–Kier alpha value is -0.260. The molecule has 0 unspecified atom stereocenters. The summed E-state index contributed by atoms with van der Waals surface area (Å²) >= 11 is 0. The summed E-state index contributed by atoms with van der Waals surface area (Å²) in [6, 6.07) is 0. The highest BCUT2D eigenvalue weighted by Crippen LogP contribution is 2.06. The van der Waals surface area contributed by atoms with Gasteiger partial charge in [0.2, 0.25) is 0 Å². The lowest BCUT2D eigenvalue weighted by Gasteiger charge is -2.08. The quantitative estimate of drug-likeness (QED) is 0.453. The standard InChI is InChI=1S/C2H4O8S2/c3-11(4)7-1-2-8-12(5,6)10-9-11/h1-2H2. The maximum absolute atomic E-state index is 10.4. The molecule has 0 aromatic rings. The second kappa shape index (κ2) is 3.24. The molecule has 0 bridgehead atoms. The van der Waals surface area contributed by atoms with E-state index in [1.54, 1.807) is 0 Å². The predicted octanol–water partition coefficient (Wildman–Crippen LogP) is -1.53. The van der Waals surface area contributed by atoms with Crippen LogP contribution in [0.25, 0.3) is 0 Å². The average Bonchev–Trinajstić information content (AvgIpc) is 1.94. The molecule has 0 atom stereocenters. The molecule has 1 fully saturated rings. The number of rotatable bonds is 0. The molecule has 1 aliphatic heterocycles. The largest absolute Gasteiger partial charge is 0.427 e. The van der Waals surface area contributed by atoms with Crippen molar-refractivity contribution in [2.24, 2.45) is 0 Å². The Morgan fingerprint density at radius 1 is 0.750 bits per heavy atom. The zero-order valence-corrected chi connectivity index (χ0v) is 7.13. The van der Waals surface area contributed by atoms with Crippen LogP contribution < -0.4 is 0 Å². The van der Waals surface area contributed by atoms with Gasteiger partial charge in [-0.25, -0.2) is 8.37 Å². The third kappa shape index (κ3) is 3.00. The van der Waals surface area contributed by atoms with Gasteiger partial charge < -0.3 is 0 Å². The minimum Gasteiger partial charge on any atom is -0.244 e. The molecule has 8 nitrogen and oxygen atoms in total. The fraction of sp³-hybridized carbons (Fsp3) is 1.00. The van der Waals surface area contributed by atoms with E-state index in [1.165, 1.54) is 0 Å². The minimum absolute atomic E-state index is 0.453. The Bertz CT molecular complexity index is 299. The Balaban J connectivity index is 2.77. The van der Waals surface area contributed by atoms with Crippen LogP contribution in [0.2, 0.25) is 0 Å². The SMILES string of the molecule is O=S1(=O)OCCOS(=O)(=O)OO1. The van der Waals surface area contributed by atoms with E-state index in [0.29, 0.717) is 0 Å². The van der Waals surface area contributed by atoms with Crippen LogP contribution in [0.1, 0.15) is 0 Å². The molecule has 72 valence electrons. The number of hydrogen-bond donors (Lipinski definition) is 0. The molecule has 1 saturated heterocycles. The van der Waals surface area contributed by atoms with Gasteiger partial charge in [0.25, 0.3) is 0 Å². The lowest BCUT2D eigenvalue weighted by molar-refractivity contribution is -0.119. The van der Waals surface area contributed by atoms with Crippen LogP contribution in [-0.4, -0.2) is 30.0 Å². The van der Waals surface area contributed by atoms with Gasteiger partial charge in [-0.05, 0) is 0 Å². The van der Waals surface area contributed by atoms with Crippen molar-refractivity contribution in [3.8, 4) is 0 Å². The smallest absolute Gasteiger partial charge is 0.244 e. The van der Waals surface area contributed by atoms with Gasteiger partial charge in [0.15, 0.2) is 0 Å². The third-order valence-corrected chi connectivity index (χ3v) is 2.20. The van der Waals surface area contributed by atoms with Crippen molar-refractivity contribution in [2.45, 2.75) is 0 Å². The van der Waals surface area contributed by atoms with Gasteiger partial charge in [-0.3, -0.25) is 0 Å². The summed E-state index contributed by atoms with van der Waals surface area (Å²) in [7, 11) is -8.79. The molecule has 12 heavy (non-hydrogen) atoms. The zero-order valence-electron chi connectivity index (χ0n) is 5.50. The van der Waals surface area contributed by atoms with E-state index in [4.69, 9.17) is 0 Å². The highest BCUT2D eigenvalue weighted by atomic mass is 32.3. The predicted molar refractivity (Wildman–Crippen MR) is 31.9 cm³/mol. The van der Waals surface area contributed by atoms with Crippen molar-refractivity contribution < 1.29 is 33.9 Å². The van der Waals surface area contributed by atoms with Gasteiger partial charge in [-0.15, -0.1) is 0 Å². The van der Waals surface area contributed by atoms with Crippen molar-refractivity contribution in [3.63, 3.8) is 0 Å². The summed E-state index contributed by atoms with van der Waals surface area (Å²) < 4.78 is 56.5. The lowest BCUT2D eigenvalue weighted by atomic mass is 10.8. The van der Waals surface area contributed by atoms with Crippen molar-refractivity contribution in [1.82, 2.24) is 0 Å². The fourth-order valence-electron chi connectivity index (χ4n) is 0.379. The lowest BCUT2D eigenvalue weighted by Crippen LogP contribution is -2.23. The van der Waals surface area contributed by atoms with Gasteiger partial charge in [0.05, 0.1) is 13.2 Å². The summed E-state index contributed by atoms with van der Waals surface area (Å²) in [4.78, 5) is 0. The van der Waals surface area contributed by atoms with E-state index in [0.717, 1.165) is 0 Å². The van der Waals surface area contributed by atoms with Crippen LogP contribution in [0.3, 0.4) is 0 Å². The molecule has 0 aliphatic carbocycles. The monoisotopic (exact) mass is 220 g/mol. The number of hydrogen-bond acceptors (Lipinski definition) is 8. The van der Waals surface area contributed by atoms with Crippen LogP contribution in [0.4, 0.5) is 0 Å². The molecule has 1 aliphatic rings. The highest BCUT2D eigenvalue weighted by Gasteiger charge is 2.24. The summed E-state index contributed by atoms with van der Waals surface area (Å²) in [5, 5.41) is 0. The van der Waals surface area contributed by atoms with E-state index in [1.807, 2.05) is 0 Å². The Morgan fingerprint density at radius 3 is 1.42 bits per heavy atom. The van der Waals surface area contributed by atoms with Crippen LogP contribution in [0.15, 0.2) is 0 Å². The molecule has 10 heteroatoms. The van der Waals surface area contributed by atoms with Crippen molar-refractivity contribution >= 4 is 20.8 Å². The van der Waals surface area contributed by atoms with E-state index < -0.39 is 34.0 Å². The van der Waals surface area contributed by atoms with E-state index in [2.05, 4.69) is 17.0 Å². The summed E-state index contributed by atoms with van der Waals surface area (Å²) in [6.07, 6.45) is 0. The van der Waals surface area contributed by atoms with E-state index >= 15 is 0 Å². The van der Waals surface area contributed by atoms with Crippen LogP contribution >= 0.6 is 0 Å². The first kappa shape index (κ1) is 9.83. The normalized spacial score (nSPS) is 28.7. The molecule has 1 heterocycles. The van der Waals surface area contributed by atoms with E-state index in [9.17, 15) is 16.8 Å². The molecular formula is C2H4O8S2.